The Hall–Kier alpha value is -1.16. The highest BCUT2D eigenvalue weighted by Crippen LogP contribution is 2.27. The third-order valence-corrected chi connectivity index (χ3v) is 2.86. The third-order valence-electron chi connectivity index (χ3n) is 2.86. The Kier molecular flexibility index (Phi) is 2.86. The molecule has 0 radical (unpaired) electrons. The molecule has 0 bridgehead atoms. The molecule has 4 heteroatoms. The van der Waals surface area contributed by atoms with Gasteiger partial charge < -0.3 is 10.1 Å². The molecule has 0 amide bonds. The summed E-state index contributed by atoms with van der Waals surface area (Å²) in [5.41, 5.74) is 2.14. The predicted octanol–water partition coefficient (Wildman–Crippen LogP) is 1.99. The van der Waals surface area contributed by atoms with Crippen molar-refractivity contribution in [2.45, 2.75) is 32.8 Å². The summed E-state index contributed by atoms with van der Waals surface area (Å²) >= 11 is 0. The zero-order chi connectivity index (χ0) is 10.8. The van der Waals surface area contributed by atoms with Crippen molar-refractivity contribution in [1.82, 2.24) is 9.97 Å². The van der Waals surface area contributed by atoms with Gasteiger partial charge in [-0.15, -0.1) is 0 Å². The largest absolute Gasteiger partial charge is 0.373 e. The van der Waals surface area contributed by atoms with Crippen LogP contribution in [0, 0.1) is 13.8 Å². The van der Waals surface area contributed by atoms with E-state index in [0.717, 1.165) is 42.3 Å². The Morgan fingerprint density at radius 2 is 2.13 bits per heavy atom. The molecule has 0 spiro atoms. The van der Waals surface area contributed by atoms with Gasteiger partial charge in [0.1, 0.15) is 11.9 Å². The van der Waals surface area contributed by atoms with Crippen LogP contribution in [0.15, 0.2) is 0 Å². The van der Waals surface area contributed by atoms with Crippen molar-refractivity contribution in [2.75, 3.05) is 19.0 Å². The maximum Gasteiger partial charge on any atom is 0.159 e. The van der Waals surface area contributed by atoms with E-state index in [1.54, 1.807) is 0 Å². The first-order chi connectivity index (χ1) is 7.22. The zero-order valence-corrected chi connectivity index (χ0v) is 9.50. The molecule has 2 heterocycles. The van der Waals surface area contributed by atoms with Gasteiger partial charge in [-0.2, -0.15) is 0 Å². The summed E-state index contributed by atoms with van der Waals surface area (Å²) in [6.45, 7) is 4.87. The van der Waals surface area contributed by atoms with Crippen LogP contribution in [-0.4, -0.2) is 23.6 Å². The van der Waals surface area contributed by atoms with Crippen LogP contribution in [0.2, 0.25) is 0 Å². The Bertz CT molecular complexity index is 359. The van der Waals surface area contributed by atoms with Crippen LogP contribution in [0.25, 0.3) is 0 Å². The summed E-state index contributed by atoms with van der Waals surface area (Å²) in [5, 5.41) is 3.09. The molecule has 1 aliphatic heterocycles. The minimum atomic E-state index is 0.0939. The monoisotopic (exact) mass is 207 g/mol. The molecule has 0 aromatic carbocycles. The van der Waals surface area contributed by atoms with E-state index in [0.29, 0.717) is 0 Å². The molecule has 82 valence electrons. The van der Waals surface area contributed by atoms with Gasteiger partial charge in [-0.3, -0.25) is 0 Å². The number of aromatic nitrogens is 2. The molecule has 0 saturated carbocycles. The lowest BCUT2D eigenvalue weighted by Gasteiger charge is -2.13. The maximum absolute atomic E-state index is 5.58. The van der Waals surface area contributed by atoms with E-state index >= 15 is 0 Å². The second-order valence-electron chi connectivity index (χ2n) is 3.89. The first-order valence-electron chi connectivity index (χ1n) is 5.37. The summed E-state index contributed by atoms with van der Waals surface area (Å²) < 4.78 is 5.58. The van der Waals surface area contributed by atoms with Crippen molar-refractivity contribution in [2.24, 2.45) is 0 Å². The van der Waals surface area contributed by atoms with Crippen LogP contribution >= 0.6 is 0 Å². The van der Waals surface area contributed by atoms with Gasteiger partial charge >= 0.3 is 0 Å². The molecule has 2 rings (SSSR count). The molecule has 1 atom stereocenters. The highest BCUT2D eigenvalue weighted by molar-refractivity contribution is 5.44. The highest BCUT2D eigenvalue weighted by atomic mass is 16.5. The molecule has 0 aliphatic carbocycles. The zero-order valence-electron chi connectivity index (χ0n) is 9.50. The van der Waals surface area contributed by atoms with Crippen molar-refractivity contribution in [1.29, 1.82) is 0 Å². The number of ether oxygens (including phenoxy) is 1. The van der Waals surface area contributed by atoms with Crippen molar-refractivity contribution < 1.29 is 4.74 Å². The topological polar surface area (TPSA) is 47.0 Å². The second-order valence-corrected chi connectivity index (χ2v) is 3.89. The van der Waals surface area contributed by atoms with Crippen LogP contribution in [0.4, 0.5) is 5.82 Å². The van der Waals surface area contributed by atoms with Crippen molar-refractivity contribution in [3.8, 4) is 0 Å². The van der Waals surface area contributed by atoms with Crippen molar-refractivity contribution in [3.05, 3.63) is 17.1 Å². The molecule has 15 heavy (non-hydrogen) atoms. The van der Waals surface area contributed by atoms with Crippen molar-refractivity contribution >= 4 is 5.82 Å². The SMILES string of the molecule is CNc1nc(C2CCCO2)nc(C)c1C. The van der Waals surface area contributed by atoms with E-state index in [1.165, 1.54) is 0 Å². The van der Waals surface area contributed by atoms with Crippen LogP contribution < -0.4 is 5.32 Å². The van der Waals surface area contributed by atoms with E-state index in [9.17, 15) is 0 Å². The Labute approximate surface area is 90.1 Å². The number of nitrogens with zero attached hydrogens (tertiary/aromatic N) is 2. The summed E-state index contributed by atoms with van der Waals surface area (Å²) in [7, 11) is 1.88. The molecule has 1 unspecified atom stereocenters. The number of hydrogen-bond acceptors (Lipinski definition) is 4. The van der Waals surface area contributed by atoms with Crippen LogP contribution in [0.5, 0.6) is 0 Å². The third kappa shape index (κ3) is 1.95. The summed E-state index contributed by atoms with van der Waals surface area (Å²) in [6.07, 6.45) is 2.23. The van der Waals surface area contributed by atoms with E-state index in [1.807, 2.05) is 20.9 Å². The highest BCUT2D eigenvalue weighted by Gasteiger charge is 2.21. The number of rotatable bonds is 2. The first kappa shape index (κ1) is 10.4. The first-order valence-corrected chi connectivity index (χ1v) is 5.37. The Balaban J connectivity index is 2.35. The fourth-order valence-electron chi connectivity index (χ4n) is 1.82. The number of hydrogen-bond donors (Lipinski definition) is 1. The molecule has 1 N–H and O–H groups in total. The lowest BCUT2D eigenvalue weighted by molar-refractivity contribution is 0.105. The Morgan fingerprint density at radius 1 is 1.33 bits per heavy atom. The summed E-state index contributed by atoms with van der Waals surface area (Å²) in [4.78, 5) is 8.97. The van der Waals surface area contributed by atoms with Crippen LogP contribution in [-0.2, 0) is 4.74 Å². The fraction of sp³-hybridized carbons (Fsp3) is 0.636. The van der Waals surface area contributed by atoms with Gasteiger partial charge in [-0.1, -0.05) is 0 Å². The van der Waals surface area contributed by atoms with E-state index in [4.69, 9.17) is 4.74 Å². The van der Waals surface area contributed by atoms with E-state index in [-0.39, 0.29) is 6.10 Å². The second kappa shape index (κ2) is 4.14. The summed E-state index contributed by atoms with van der Waals surface area (Å²) in [6, 6.07) is 0. The van der Waals surface area contributed by atoms with Gasteiger partial charge in [-0.25, -0.2) is 9.97 Å². The molecule has 1 aromatic rings. The lowest BCUT2D eigenvalue weighted by Crippen LogP contribution is -2.09. The normalized spacial score (nSPS) is 20.6. The minimum absolute atomic E-state index is 0.0939. The van der Waals surface area contributed by atoms with Gasteiger partial charge in [-0.05, 0) is 26.7 Å². The predicted molar refractivity (Wildman–Crippen MR) is 59.0 cm³/mol. The quantitative estimate of drug-likeness (QED) is 0.805. The minimum Gasteiger partial charge on any atom is -0.373 e. The molecule has 1 fully saturated rings. The Morgan fingerprint density at radius 3 is 2.73 bits per heavy atom. The maximum atomic E-state index is 5.58. The smallest absolute Gasteiger partial charge is 0.159 e. The van der Waals surface area contributed by atoms with Gasteiger partial charge in [0, 0.05) is 24.9 Å². The van der Waals surface area contributed by atoms with Crippen LogP contribution in [0.1, 0.15) is 36.0 Å². The molecular weight excluding hydrogens is 190 g/mol. The van der Waals surface area contributed by atoms with Gasteiger partial charge in [0.15, 0.2) is 5.82 Å². The fourth-order valence-corrected chi connectivity index (χ4v) is 1.82. The summed E-state index contributed by atoms with van der Waals surface area (Å²) in [5.74, 6) is 1.73. The van der Waals surface area contributed by atoms with Gasteiger partial charge in [0.2, 0.25) is 0 Å². The average molecular weight is 207 g/mol. The molecule has 1 aliphatic rings. The van der Waals surface area contributed by atoms with Gasteiger partial charge in [0.25, 0.3) is 0 Å². The van der Waals surface area contributed by atoms with E-state index in [2.05, 4.69) is 15.3 Å². The lowest BCUT2D eigenvalue weighted by atomic mass is 10.2. The standard InChI is InChI=1S/C11H17N3O/c1-7-8(2)13-11(14-10(7)12-3)9-5-4-6-15-9/h9H,4-6H2,1-3H3,(H,12,13,14). The van der Waals surface area contributed by atoms with Crippen molar-refractivity contribution in [3.63, 3.8) is 0 Å². The average Bonchev–Trinajstić information content (AvgIpc) is 2.75. The van der Waals surface area contributed by atoms with Gasteiger partial charge in [0.05, 0.1) is 0 Å². The number of aryl methyl sites for hydroxylation is 1. The number of anilines is 1. The molecular formula is C11H17N3O. The van der Waals surface area contributed by atoms with E-state index < -0.39 is 0 Å². The molecule has 1 saturated heterocycles. The molecule has 4 nitrogen and oxygen atoms in total. The number of nitrogens with one attached hydrogen (secondary N) is 1. The molecule has 1 aromatic heterocycles. The van der Waals surface area contributed by atoms with Crippen LogP contribution in [0.3, 0.4) is 0 Å².